The van der Waals surface area contributed by atoms with Crippen LogP contribution in [0.4, 0.5) is 0 Å². The van der Waals surface area contributed by atoms with Crippen molar-refractivity contribution in [3.8, 4) is 0 Å². The topological polar surface area (TPSA) is 240 Å². The molecule has 3 aliphatic carbocycles. The van der Waals surface area contributed by atoms with E-state index < -0.39 is 114 Å². The molecule has 45 heavy (non-hydrogen) atoms. The van der Waals surface area contributed by atoms with Gasteiger partial charge in [0, 0.05) is 120 Å². The van der Waals surface area contributed by atoms with E-state index in [1.165, 1.54) is 34.6 Å². The average molecular weight is 1070 g/mol. The first-order valence-electron chi connectivity index (χ1n) is 14.3. The van der Waals surface area contributed by atoms with Gasteiger partial charge in [-0.2, -0.15) is 0 Å². The molecule has 8 N–H and O–H groups in total. The summed E-state index contributed by atoms with van der Waals surface area (Å²) in [5.74, 6) is -6.36. The van der Waals surface area contributed by atoms with Gasteiger partial charge >= 0.3 is 11.9 Å². The van der Waals surface area contributed by atoms with E-state index in [0.717, 1.165) is 13.8 Å². The van der Waals surface area contributed by atoms with Crippen molar-refractivity contribution in [3.63, 3.8) is 0 Å². The maximum atomic E-state index is 14.2. The van der Waals surface area contributed by atoms with Gasteiger partial charge in [-0.05, 0) is 37.3 Å². The Hall–Kier alpha value is 0.423. The number of ketones is 1. The monoisotopic (exact) mass is 1070 g/mol. The van der Waals surface area contributed by atoms with Crippen LogP contribution in [-0.2, 0) is 28.7 Å². The number of Topliss-reactive ketones (excluding diaryl/α,β-unsaturated/α-hetero) is 1. The second kappa shape index (κ2) is 15.5. The van der Waals surface area contributed by atoms with Crippen LogP contribution in [0.25, 0.3) is 0 Å². The maximum Gasteiger partial charge on any atom is 0.337 e. The summed E-state index contributed by atoms with van der Waals surface area (Å²) in [7, 11) is 0. The second-order valence-corrected chi connectivity index (χ2v) is 13.1. The van der Waals surface area contributed by atoms with Gasteiger partial charge in [0.25, 0.3) is 0 Å². The molecule has 14 nitrogen and oxygen atoms in total. The van der Waals surface area contributed by atoms with E-state index >= 15 is 0 Å². The first-order chi connectivity index (χ1) is 19.7. The number of ether oxygens (including phenoxy) is 2. The molecule has 2 fully saturated rings. The zero-order valence-corrected chi connectivity index (χ0v) is 36.2. The predicted molar refractivity (Wildman–Crippen MR) is 147 cm³/mol. The number of fused-ring (bicyclic) bond motifs is 3. The van der Waals surface area contributed by atoms with Gasteiger partial charge in [0.05, 0.1) is 36.4 Å². The minimum atomic E-state index is -2.31. The molecule has 0 aliphatic heterocycles. The number of nitrogens with one attached hydrogen (secondary N) is 1. The van der Waals surface area contributed by atoms with Crippen LogP contribution in [0.3, 0.4) is 0 Å². The molecule has 16 heteroatoms. The third kappa shape index (κ3) is 7.19. The number of esters is 2. The number of hydrogen-bond donors (Lipinski definition) is 8. The predicted octanol–water partition coefficient (Wildman–Crippen LogP) is -2.14. The van der Waals surface area contributed by atoms with Crippen LogP contribution in [0.15, 0.2) is 11.1 Å². The third-order valence-corrected chi connectivity index (χ3v) is 10.3. The first kappa shape index (κ1) is 43.4. The Bertz CT molecular complexity index is 1200. The normalized spacial score (nSPS) is 38.6. The molecule has 2 bridgehead atoms. The van der Waals surface area contributed by atoms with Crippen LogP contribution >= 0.6 is 0 Å². The Balaban J connectivity index is 0.00000506. The minimum Gasteiger partial charge on any atom is -0.459 e. The molecular weight excluding hydrogens is 1020 g/mol. The SMILES string of the molecule is CC(=O)N[C@@H](CO)[C@@H](O)C(=O)O[C@H]1C[C@@]2(O)[C@@H](OC(C)=O)[C@@H]3[C@](O)(CO)[C@H](C)C[C@H](O)[C@@]3(C)C(=O)[C@H](O)C(=C1C)C2(C)C.[Ac].[Ac]. The summed E-state index contributed by atoms with van der Waals surface area (Å²) in [4.78, 5) is 51.3. The molecule has 0 aromatic carbocycles. The van der Waals surface area contributed by atoms with Gasteiger partial charge in [-0.25, -0.2) is 4.79 Å². The van der Waals surface area contributed by atoms with Crippen LogP contribution in [0.2, 0.25) is 0 Å². The maximum absolute atomic E-state index is 14.2. The van der Waals surface area contributed by atoms with Gasteiger partial charge in [0.15, 0.2) is 11.9 Å². The molecule has 0 spiro atoms. The number of aliphatic hydroxyl groups is 7. The van der Waals surface area contributed by atoms with Crippen LogP contribution in [0, 0.1) is 111 Å². The standard InChI is InChI=1S/C29H45NO13.2Ac/c1-12-8-18(35)27(7)22(28(12,40)11-32)24(42-15(4)34)29(41)9-17(13(2)19(26(29,5)6)21(37)23(27)38)43-25(39)20(36)16(10-31)30-14(3)33;;/h12,16-18,20-22,24,31-32,35-37,40-41H,8-11H2,1-7H3,(H,30,33);;/t12-,16+,17+,18+,20-,21-,22+,24+,27-,28+,29-;;/m1../s1. The zero-order valence-electron chi connectivity index (χ0n) is 26.7. The van der Waals surface area contributed by atoms with Crippen LogP contribution in [0.5, 0.6) is 0 Å². The first-order valence-corrected chi connectivity index (χ1v) is 14.3. The quantitative estimate of drug-likeness (QED) is 0.101. The third-order valence-electron chi connectivity index (χ3n) is 10.3. The number of carbonyl (C=O) groups is 4. The summed E-state index contributed by atoms with van der Waals surface area (Å²) in [6.07, 6.45) is -9.47. The fourth-order valence-corrected chi connectivity index (χ4v) is 7.62. The number of rotatable bonds is 7. The van der Waals surface area contributed by atoms with Gasteiger partial charge in [0.1, 0.15) is 23.9 Å². The van der Waals surface area contributed by atoms with Gasteiger partial charge in [-0.3, -0.25) is 14.4 Å². The van der Waals surface area contributed by atoms with Crippen molar-refractivity contribution in [1.82, 2.24) is 5.32 Å². The van der Waals surface area contributed by atoms with Crippen LogP contribution < -0.4 is 5.32 Å². The average Bonchev–Trinajstić information content (AvgIpc) is 2.91. The largest absolute Gasteiger partial charge is 0.459 e. The van der Waals surface area contributed by atoms with Crippen molar-refractivity contribution in [3.05, 3.63) is 11.1 Å². The van der Waals surface area contributed by atoms with Crippen LogP contribution in [-0.4, -0.2) is 120 Å². The zero-order chi connectivity index (χ0) is 33.0. The number of aliphatic hydroxyl groups excluding tert-OH is 5. The molecule has 0 heterocycles. The number of hydrogen-bond acceptors (Lipinski definition) is 13. The van der Waals surface area contributed by atoms with Crippen molar-refractivity contribution in [2.24, 2.45) is 22.7 Å². The Morgan fingerprint density at radius 1 is 1.04 bits per heavy atom. The van der Waals surface area contributed by atoms with Gasteiger partial charge in [-0.1, -0.05) is 20.8 Å². The smallest absolute Gasteiger partial charge is 0.337 e. The fraction of sp³-hybridized carbons (Fsp3) is 0.793. The van der Waals surface area contributed by atoms with Gasteiger partial charge < -0.3 is 50.5 Å². The Labute approximate surface area is 333 Å². The van der Waals surface area contributed by atoms with E-state index in [0.29, 0.717) is 0 Å². The van der Waals surface area contributed by atoms with E-state index in [2.05, 4.69) is 5.32 Å². The van der Waals surface area contributed by atoms with Crippen molar-refractivity contribution in [2.45, 2.75) is 109 Å². The molecule has 3 rings (SSSR count). The van der Waals surface area contributed by atoms with Crippen molar-refractivity contribution in [1.29, 1.82) is 0 Å². The van der Waals surface area contributed by atoms with Crippen molar-refractivity contribution >= 4 is 23.6 Å². The van der Waals surface area contributed by atoms with E-state index in [-0.39, 0.29) is 106 Å². The molecule has 2 saturated carbocycles. The molecule has 0 unspecified atom stereocenters. The molecule has 11 atom stereocenters. The molecule has 3 aliphatic rings. The molecule has 1 amide bonds. The summed E-state index contributed by atoms with van der Waals surface area (Å²) in [6, 6.07) is -1.43. The molecule has 0 saturated heterocycles. The summed E-state index contributed by atoms with van der Waals surface area (Å²) >= 11 is 0. The summed E-state index contributed by atoms with van der Waals surface area (Å²) in [5.41, 5.74) is -8.10. The van der Waals surface area contributed by atoms with E-state index in [9.17, 15) is 54.9 Å². The fourth-order valence-electron chi connectivity index (χ4n) is 7.62. The molecule has 250 valence electrons. The summed E-state index contributed by atoms with van der Waals surface area (Å²) in [6.45, 7) is 7.60. The molecule has 0 aromatic heterocycles. The Kier molecular flexibility index (Phi) is 15.0. The number of amides is 1. The minimum absolute atomic E-state index is 0. The Morgan fingerprint density at radius 3 is 2.07 bits per heavy atom. The van der Waals surface area contributed by atoms with Crippen LogP contribution in [0.1, 0.15) is 61.3 Å². The van der Waals surface area contributed by atoms with E-state index in [1.807, 2.05) is 0 Å². The van der Waals surface area contributed by atoms with Gasteiger partial charge in [-0.15, -0.1) is 0 Å². The molecule has 0 aromatic rings. The van der Waals surface area contributed by atoms with Crippen molar-refractivity contribution in [2.75, 3.05) is 13.2 Å². The second-order valence-electron chi connectivity index (χ2n) is 13.1. The molecule has 2 radical (unpaired) electrons. The van der Waals surface area contributed by atoms with Crippen molar-refractivity contribution < 1.29 is 153 Å². The summed E-state index contributed by atoms with van der Waals surface area (Å²) < 4.78 is 11.2. The van der Waals surface area contributed by atoms with E-state index in [4.69, 9.17) is 9.47 Å². The van der Waals surface area contributed by atoms with E-state index in [1.54, 1.807) is 0 Å². The Morgan fingerprint density at radius 2 is 1.60 bits per heavy atom. The number of carbonyl (C=O) groups excluding carboxylic acids is 4. The molecular formula is C29H45Ac2NO13. The van der Waals surface area contributed by atoms with Gasteiger partial charge in [0.2, 0.25) is 5.91 Å². The summed E-state index contributed by atoms with van der Waals surface area (Å²) in [5, 5.41) is 80.4.